The van der Waals surface area contributed by atoms with Gasteiger partial charge in [-0.05, 0) is 31.4 Å². The molecule has 13 heavy (non-hydrogen) atoms. The molecule has 4 nitrogen and oxygen atoms in total. The first kappa shape index (κ1) is 8.97. The van der Waals surface area contributed by atoms with Gasteiger partial charge in [0.2, 0.25) is 5.28 Å². The molecular weight excluding hydrogens is 188 g/mol. The molecule has 1 aromatic heterocycles. The van der Waals surface area contributed by atoms with Crippen molar-refractivity contribution in [3.05, 3.63) is 11.1 Å². The van der Waals surface area contributed by atoms with Crippen LogP contribution in [0.15, 0.2) is 0 Å². The zero-order valence-electron chi connectivity index (χ0n) is 7.57. The summed E-state index contributed by atoms with van der Waals surface area (Å²) in [5, 5.41) is 8.40. The first-order valence-corrected chi connectivity index (χ1v) is 4.92. The van der Waals surface area contributed by atoms with Gasteiger partial charge in [-0.25, -0.2) is 0 Å². The molecule has 2 unspecified atom stereocenters. The van der Waals surface area contributed by atoms with Crippen molar-refractivity contribution in [3.63, 3.8) is 0 Å². The van der Waals surface area contributed by atoms with E-state index < -0.39 is 0 Å². The first-order valence-electron chi connectivity index (χ1n) is 4.54. The van der Waals surface area contributed by atoms with Crippen LogP contribution >= 0.6 is 11.6 Å². The lowest BCUT2D eigenvalue weighted by atomic mass is 9.93. The largest absolute Gasteiger partial charge is 0.327 e. The zero-order chi connectivity index (χ0) is 9.42. The third-order valence-electron chi connectivity index (χ3n) is 2.60. The van der Waals surface area contributed by atoms with E-state index in [1.807, 2.05) is 11.5 Å². The molecule has 0 aromatic carbocycles. The molecule has 1 aliphatic heterocycles. The van der Waals surface area contributed by atoms with E-state index in [1.54, 1.807) is 0 Å². The average molecular weight is 201 g/mol. The minimum atomic E-state index is 0.124. The van der Waals surface area contributed by atoms with Gasteiger partial charge in [-0.15, -0.1) is 10.2 Å². The maximum absolute atomic E-state index is 5.88. The number of aromatic nitrogens is 3. The lowest BCUT2D eigenvalue weighted by Crippen LogP contribution is -2.30. The van der Waals surface area contributed by atoms with E-state index in [0.717, 1.165) is 25.2 Å². The van der Waals surface area contributed by atoms with Gasteiger partial charge in [-0.3, -0.25) is 0 Å². The lowest BCUT2D eigenvalue weighted by molar-refractivity contribution is 0.403. The van der Waals surface area contributed by atoms with Gasteiger partial charge in [0.1, 0.15) is 5.82 Å². The molecule has 5 heteroatoms. The molecule has 0 saturated heterocycles. The summed E-state index contributed by atoms with van der Waals surface area (Å²) in [6, 6.07) is 0.124. The van der Waals surface area contributed by atoms with Gasteiger partial charge in [-0.2, -0.15) is 0 Å². The maximum Gasteiger partial charge on any atom is 0.225 e. The van der Waals surface area contributed by atoms with E-state index in [0.29, 0.717) is 11.2 Å². The second kappa shape index (κ2) is 3.27. The minimum Gasteiger partial charge on any atom is -0.327 e. The number of halogens is 1. The Balaban J connectivity index is 2.38. The number of rotatable bonds is 1. The summed E-state index contributed by atoms with van der Waals surface area (Å²) >= 11 is 5.88. The topological polar surface area (TPSA) is 56.7 Å². The molecule has 0 saturated carbocycles. The number of nitrogens with zero attached hydrogens (tertiary/aromatic N) is 3. The van der Waals surface area contributed by atoms with Crippen LogP contribution in [0.3, 0.4) is 0 Å². The quantitative estimate of drug-likeness (QED) is 0.740. The minimum absolute atomic E-state index is 0.124. The molecule has 2 N–H and O–H groups in total. The van der Waals surface area contributed by atoms with Crippen LogP contribution < -0.4 is 5.73 Å². The summed E-state index contributed by atoms with van der Waals surface area (Å²) in [5.74, 6) is 1.26. The third kappa shape index (κ3) is 1.44. The summed E-state index contributed by atoms with van der Waals surface area (Å²) in [6.07, 6.45) is 2.20. The Labute approximate surface area is 82.1 Å². The smallest absolute Gasteiger partial charge is 0.225 e. The molecule has 2 rings (SSSR count). The number of nitrogens with two attached hydrogens (primary N) is 1. The summed E-state index contributed by atoms with van der Waals surface area (Å²) in [6.45, 7) is 2.92. The lowest BCUT2D eigenvalue weighted by Gasteiger charge is -2.25. The fraction of sp³-hybridized carbons (Fsp3) is 0.750. The van der Waals surface area contributed by atoms with Crippen LogP contribution in [0.2, 0.25) is 5.28 Å². The highest BCUT2D eigenvalue weighted by Gasteiger charge is 2.27. The van der Waals surface area contributed by atoms with Gasteiger partial charge in [0.15, 0.2) is 0 Å². The number of hydrogen-bond acceptors (Lipinski definition) is 3. The summed E-state index contributed by atoms with van der Waals surface area (Å²) in [4.78, 5) is 0. The van der Waals surface area contributed by atoms with E-state index in [-0.39, 0.29) is 6.04 Å². The van der Waals surface area contributed by atoms with E-state index in [9.17, 15) is 0 Å². The molecule has 0 fully saturated rings. The van der Waals surface area contributed by atoms with Crippen LogP contribution in [0.1, 0.15) is 31.5 Å². The van der Waals surface area contributed by atoms with Crippen molar-refractivity contribution in [2.45, 2.75) is 38.3 Å². The Morgan fingerprint density at radius 3 is 3.08 bits per heavy atom. The third-order valence-corrected chi connectivity index (χ3v) is 2.88. The van der Waals surface area contributed by atoms with Crippen LogP contribution in [0.5, 0.6) is 0 Å². The van der Waals surface area contributed by atoms with Crippen molar-refractivity contribution in [2.24, 2.45) is 5.73 Å². The summed E-state index contributed by atoms with van der Waals surface area (Å²) in [7, 11) is 0. The molecule has 0 bridgehead atoms. The highest BCUT2D eigenvalue weighted by molar-refractivity contribution is 6.28. The van der Waals surface area contributed by atoms with E-state index in [4.69, 9.17) is 17.3 Å². The molecule has 2 heterocycles. The number of hydrogen-bond donors (Lipinski definition) is 1. The van der Waals surface area contributed by atoms with E-state index in [2.05, 4.69) is 10.2 Å². The Bertz CT molecular complexity index is 307. The van der Waals surface area contributed by atoms with Crippen LogP contribution in [0, 0.1) is 0 Å². The predicted octanol–water partition coefficient (Wildman–Crippen LogP) is 1.16. The van der Waals surface area contributed by atoms with Crippen molar-refractivity contribution in [2.75, 3.05) is 0 Å². The Morgan fingerprint density at radius 2 is 2.38 bits per heavy atom. The summed E-state index contributed by atoms with van der Waals surface area (Å²) < 4.78 is 1.96. The molecule has 0 amide bonds. The van der Waals surface area contributed by atoms with Crippen molar-refractivity contribution in [3.8, 4) is 0 Å². The van der Waals surface area contributed by atoms with Crippen molar-refractivity contribution < 1.29 is 0 Å². The van der Waals surface area contributed by atoms with E-state index in [1.165, 1.54) is 0 Å². The van der Waals surface area contributed by atoms with Crippen LogP contribution in [-0.4, -0.2) is 20.8 Å². The average Bonchev–Trinajstić information content (AvgIpc) is 2.48. The van der Waals surface area contributed by atoms with Gasteiger partial charge in [0.25, 0.3) is 0 Å². The van der Waals surface area contributed by atoms with Crippen LogP contribution in [0.25, 0.3) is 0 Å². The fourth-order valence-electron chi connectivity index (χ4n) is 1.87. The second-order valence-corrected chi connectivity index (χ2v) is 3.92. The SMILES string of the molecule is CC(N)C1CCCn2c(Cl)nnc21. The Kier molecular flexibility index (Phi) is 2.26. The van der Waals surface area contributed by atoms with Gasteiger partial charge in [-0.1, -0.05) is 0 Å². The second-order valence-electron chi connectivity index (χ2n) is 3.59. The van der Waals surface area contributed by atoms with E-state index >= 15 is 0 Å². The van der Waals surface area contributed by atoms with Crippen LogP contribution in [0.4, 0.5) is 0 Å². The molecular formula is C8H13ClN4. The standard InChI is InChI=1S/C8H13ClN4/c1-5(10)6-3-2-4-13-7(6)11-12-8(13)9/h5-6H,2-4,10H2,1H3. The Hall–Kier alpha value is -0.610. The highest BCUT2D eigenvalue weighted by atomic mass is 35.5. The van der Waals surface area contributed by atoms with Crippen molar-refractivity contribution in [1.82, 2.24) is 14.8 Å². The summed E-state index contributed by atoms with van der Waals surface area (Å²) in [5.41, 5.74) is 5.87. The normalized spacial score (nSPS) is 24.1. The van der Waals surface area contributed by atoms with Gasteiger partial charge < -0.3 is 10.3 Å². The highest BCUT2D eigenvalue weighted by Crippen LogP contribution is 2.29. The molecule has 1 aromatic rings. The van der Waals surface area contributed by atoms with Crippen molar-refractivity contribution >= 4 is 11.6 Å². The molecule has 0 spiro atoms. The molecule has 1 aliphatic rings. The fourth-order valence-corrected chi connectivity index (χ4v) is 2.08. The molecule has 72 valence electrons. The van der Waals surface area contributed by atoms with Crippen LogP contribution in [-0.2, 0) is 6.54 Å². The van der Waals surface area contributed by atoms with Gasteiger partial charge in [0.05, 0.1) is 0 Å². The maximum atomic E-state index is 5.88. The van der Waals surface area contributed by atoms with Gasteiger partial charge in [0, 0.05) is 18.5 Å². The predicted molar refractivity (Wildman–Crippen MR) is 50.7 cm³/mol. The van der Waals surface area contributed by atoms with Gasteiger partial charge >= 0.3 is 0 Å². The molecule has 2 atom stereocenters. The first-order chi connectivity index (χ1) is 6.20. The Morgan fingerprint density at radius 1 is 1.62 bits per heavy atom. The molecule has 0 aliphatic carbocycles. The number of fused-ring (bicyclic) bond motifs is 1. The van der Waals surface area contributed by atoms with Crippen molar-refractivity contribution in [1.29, 1.82) is 0 Å². The zero-order valence-corrected chi connectivity index (χ0v) is 8.33. The monoisotopic (exact) mass is 200 g/mol. The molecule has 0 radical (unpaired) electrons.